The average Bonchev–Trinajstić information content (AvgIpc) is 2.79. The summed E-state index contributed by atoms with van der Waals surface area (Å²) in [4.78, 5) is 5.46. The smallest absolute Gasteiger partial charge is 0.0843 e. The van der Waals surface area contributed by atoms with Gasteiger partial charge >= 0.3 is 0 Å². The van der Waals surface area contributed by atoms with Crippen LogP contribution in [0.2, 0.25) is 0 Å². The molecule has 2 rings (SSSR count). The largest absolute Gasteiger partial charge is 0.309 e. The Morgan fingerprint density at radius 3 is 2.55 bits per heavy atom. The molecule has 2 aromatic rings. The van der Waals surface area contributed by atoms with E-state index in [-0.39, 0.29) is 0 Å². The molecule has 20 heavy (non-hydrogen) atoms. The Hall–Kier alpha value is -0.230. The second-order valence-corrected chi connectivity index (χ2v) is 8.03. The summed E-state index contributed by atoms with van der Waals surface area (Å²) in [6.07, 6.45) is 4.86. The lowest BCUT2D eigenvalue weighted by atomic mass is 9.93. The molecule has 0 amide bonds. The van der Waals surface area contributed by atoms with Crippen molar-refractivity contribution in [2.24, 2.45) is 0 Å². The zero-order valence-corrected chi connectivity index (χ0v) is 15.6. The van der Waals surface area contributed by atoms with Crippen LogP contribution in [0, 0.1) is 0 Å². The first kappa shape index (κ1) is 16.1. The zero-order chi connectivity index (χ0) is 14.5. The normalized spacial score (nSPS) is 14.2. The van der Waals surface area contributed by atoms with Gasteiger partial charge in [0.15, 0.2) is 0 Å². The number of aromatic nitrogens is 1. The zero-order valence-electron chi connectivity index (χ0n) is 11.6. The van der Waals surface area contributed by atoms with Crippen molar-refractivity contribution in [3.8, 4) is 0 Å². The molecule has 0 aliphatic heterocycles. The first-order valence-corrected chi connectivity index (χ1v) is 9.11. The maximum atomic E-state index is 4.11. The molecular weight excluding hydrogens is 400 g/mol. The molecule has 0 saturated heterocycles. The third-order valence-corrected chi connectivity index (χ3v) is 6.66. The van der Waals surface area contributed by atoms with Crippen LogP contribution in [-0.4, -0.2) is 11.5 Å². The van der Waals surface area contributed by atoms with E-state index in [0.717, 1.165) is 21.2 Å². The van der Waals surface area contributed by atoms with Crippen LogP contribution < -0.4 is 5.32 Å². The van der Waals surface area contributed by atoms with Crippen LogP contribution >= 0.6 is 43.2 Å². The van der Waals surface area contributed by atoms with Gasteiger partial charge in [-0.25, -0.2) is 0 Å². The predicted molar refractivity (Wildman–Crippen MR) is 93.4 cm³/mol. The van der Waals surface area contributed by atoms with E-state index in [1.807, 2.05) is 12.4 Å². The number of nitrogens with one attached hydrogen (secondary N) is 1. The third-order valence-electron chi connectivity index (χ3n) is 3.32. The van der Waals surface area contributed by atoms with Crippen LogP contribution in [0.25, 0.3) is 0 Å². The summed E-state index contributed by atoms with van der Waals surface area (Å²) in [6.45, 7) is 5.48. The SMILES string of the molecule is CCCNC(c1cc(Br)c(Br)s1)C(C)c1ccncc1. The van der Waals surface area contributed by atoms with Gasteiger partial charge in [-0.05, 0) is 68.6 Å². The van der Waals surface area contributed by atoms with Gasteiger partial charge in [-0.3, -0.25) is 4.98 Å². The Kier molecular flexibility index (Phi) is 6.20. The van der Waals surface area contributed by atoms with Crippen LogP contribution in [0.4, 0.5) is 0 Å². The molecule has 2 nitrogen and oxygen atoms in total. The number of pyridine rings is 1. The minimum Gasteiger partial charge on any atom is -0.309 e. The van der Waals surface area contributed by atoms with Crippen LogP contribution in [-0.2, 0) is 0 Å². The maximum absolute atomic E-state index is 4.11. The van der Waals surface area contributed by atoms with Crippen molar-refractivity contribution in [3.63, 3.8) is 0 Å². The van der Waals surface area contributed by atoms with Crippen molar-refractivity contribution < 1.29 is 0 Å². The fourth-order valence-corrected chi connectivity index (χ4v) is 4.47. The molecule has 2 atom stereocenters. The first-order chi connectivity index (χ1) is 9.63. The molecule has 108 valence electrons. The molecule has 0 aromatic carbocycles. The number of halogens is 2. The minimum absolute atomic E-state index is 0.324. The van der Waals surface area contributed by atoms with Crippen LogP contribution in [0.5, 0.6) is 0 Å². The number of hydrogen-bond donors (Lipinski definition) is 1. The molecule has 0 spiro atoms. The summed E-state index contributed by atoms with van der Waals surface area (Å²) in [5.41, 5.74) is 1.31. The fourth-order valence-electron chi connectivity index (χ4n) is 2.20. The molecule has 0 saturated carbocycles. The van der Waals surface area contributed by atoms with Gasteiger partial charge in [-0.15, -0.1) is 11.3 Å². The van der Waals surface area contributed by atoms with Crippen LogP contribution in [0.3, 0.4) is 0 Å². The number of nitrogens with zero attached hydrogens (tertiary/aromatic N) is 1. The Balaban J connectivity index is 2.27. The monoisotopic (exact) mass is 416 g/mol. The van der Waals surface area contributed by atoms with Crippen molar-refractivity contribution in [2.45, 2.75) is 32.2 Å². The molecule has 2 unspecified atom stereocenters. The van der Waals surface area contributed by atoms with Crippen molar-refractivity contribution in [1.29, 1.82) is 0 Å². The van der Waals surface area contributed by atoms with Gasteiger partial charge in [0.25, 0.3) is 0 Å². The molecule has 0 aliphatic carbocycles. The first-order valence-electron chi connectivity index (χ1n) is 6.71. The maximum Gasteiger partial charge on any atom is 0.0843 e. The predicted octanol–water partition coefficient (Wildman–Crippen LogP) is 5.51. The topological polar surface area (TPSA) is 24.9 Å². The van der Waals surface area contributed by atoms with Crippen molar-refractivity contribution in [2.75, 3.05) is 6.54 Å². The van der Waals surface area contributed by atoms with E-state index in [1.165, 1.54) is 10.4 Å². The van der Waals surface area contributed by atoms with Gasteiger partial charge in [0.05, 0.1) is 3.79 Å². The highest BCUT2D eigenvalue weighted by molar-refractivity contribution is 9.13. The Labute approximate surface area is 141 Å². The summed E-state index contributed by atoms with van der Waals surface area (Å²) in [5.74, 6) is 0.405. The van der Waals surface area contributed by atoms with Gasteiger partial charge in [-0.1, -0.05) is 13.8 Å². The van der Waals surface area contributed by atoms with E-state index in [2.05, 4.69) is 74.2 Å². The fraction of sp³-hybridized carbons (Fsp3) is 0.400. The van der Waals surface area contributed by atoms with E-state index in [1.54, 1.807) is 11.3 Å². The number of rotatable bonds is 6. The average molecular weight is 418 g/mol. The Morgan fingerprint density at radius 2 is 2.00 bits per heavy atom. The second kappa shape index (κ2) is 7.69. The highest BCUT2D eigenvalue weighted by Crippen LogP contribution is 2.40. The number of thiophene rings is 1. The van der Waals surface area contributed by atoms with Crippen LogP contribution in [0.1, 0.15) is 42.7 Å². The Bertz CT molecular complexity index is 523. The number of hydrogen-bond acceptors (Lipinski definition) is 3. The van der Waals surface area contributed by atoms with Crippen molar-refractivity contribution >= 4 is 43.2 Å². The molecule has 0 radical (unpaired) electrons. The van der Waals surface area contributed by atoms with Gasteiger partial charge in [-0.2, -0.15) is 0 Å². The van der Waals surface area contributed by atoms with E-state index < -0.39 is 0 Å². The van der Waals surface area contributed by atoms with E-state index in [0.29, 0.717) is 12.0 Å². The standard InChI is InChI=1S/C15H18Br2N2S/c1-3-6-19-14(13-9-12(16)15(17)20-13)10(2)11-4-7-18-8-5-11/h4-5,7-10,14,19H,3,6H2,1-2H3. The highest BCUT2D eigenvalue weighted by atomic mass is 79.9. The van der Waals surface area contributed by atoms with Gasteiger partial charge in [0, 0.05) is 33.7 Å². The van der Waals surface area contributed by atoms with Gasteiger partial charge in [0.2, 0.25) is 0 Å². The van der Waals surface area contributed by atoms with E-state index in [9.17, 15) is 0 Å². The summed E-state index contributed by atoms with van der Waals surface area (Å²) >= 11 is 8.96. The molecule has 2 heterocycles. The molecule has 0 fully saturated rings. The van der Waals surface area contributed by atoms with Gasteiger partial charge in [0.1, 0.15) is 0 Å². The lowest BCUT2D eigenvalue weighted by Gasteiger charge is -2.24. The molecule has 5 heteroatoms. The lowest BCUT2D eigenvalue weighted by molar-refractivity contribution is 0.472. The summed E-state index contributed by atoms with van der Waals surface area (Å²) in [5, 5.41) is 3.67. The van der Waals surface area contributed by atoms with E-state index >= 15 is 0 Å². The lowest BCUT2D eigenvalue weighted by Crippen LogP contribution is -2.26. The molecule has 2 aromatic heterocycles. The summed E-state index contributed by atoms with van der Waals surface area (Å²) in [7, 11) is 0. The summed E-state index contributed by atoms with van der Waals surface area (Å²) in [6, 6.07) is 6.73. The van der Waals surface area contributed by atoms with Crippen LogP contribution in [0.15, 0.2) is 38.9 Å². The molecule has 0 aliphatic rings. The Morgan fingerprint density at radius 1 is 1.30 bits per heavy atom. The van der Waals surface area contributed by atoms with E-state index in [4.69, 9.17) is 0 Å². The minimum atomic E-state index is 0.324. The second-order valence-electron chi connectivity index (χ2n) is 4.77. The molecule has 1 N–H and O–H groups in total. The third kappa shape index (κ3) is 3.91. The highest BCUT2D eigenvalue weighted by Gasteiger charge is 2.22. The molecular formula is C15H18Br2N2S. The molecule has 0 bridgehead atoms. The van der Waals surface area contributed by atoms with Crippen molar-refractivity contribution in [1.82, 2.24) is 10.3 Å². The van der Waals surface area contributed by atoms with Crippen molar-refractivity contribution in [3.05, 3.63) is 49.3 Å². The van der Waals surface area contributed by atoms with Gasteiger partial charge < -0.3 is 5.32 Å². The summed E-state index contributed by atoms with van der Waals surface area (Å²) < 4.78 is 2.28. The quantitative estimate of drug-likeness (QED) is 0.669.